The molecule has 0 atom stereocenters. The van der Waals surface area contributed by atoms with Crippen molar-refractivity contribution >= 4 is 0 Å². The van der Waals surface area contributed by atoms with Gasteiger partial charge in [0.05, 0.1) is 12.8 Å². The van der Waals surface area contributed by atoms with Gasteiger partial charge in [-0.2, -0.15) is 5.10 Å². The van der Waals surface area contributed by atoms with Gasteiger partial charge in [-0.1, -0.05) is 12.1 Å². The zero-order valence-electron chi connectivity index (χ0n) is 13.4. The van der Waals surface area contributed by atoms with Crippen molar-refractivity contribution in [2.24, 2.45) is 0 Å². The highest BCUT2D eigenvalue weighted by molar-refractivity contribution is 5.27. The molecular weight excluding hydrogens is 262 g/mol. The van der Waals surface area contributed by atoms with Crippen LogP contribution in [0.5, 0.6) is 5.75 Å². The summed E-state index contributed by atoms with van der Waals surface area (Å²) in [5.74, 6) is 0.897. The Morgan fingerprint density at radius 1 is 1.14 bits per heavy atom. The van der Waals surface area contributed by atoms with Crippen LogP contribution >= 0.6 is 0 Å². The maximum absolute atomic E-state index is 5.17. The maximum atomic E-state index is 5.17. The first-order valence-electron chi connectivity index (χ1n) is 7.36. The van der Waals surface area contributed by atoms with Gasteiger partial charge in [0.15, 0.2) is 0 Å². The van der Waals surface area contributed by atoms with Crippen LogP contribution in [0.3, 0.4) is 0 Å². The minimum absolute atomic E-state index is 0.118. The number of rotatable bonds is 6. The Bertz CT molecular complexity index is 552. The van der Waals surface area contributed by atoms with Crippen molar-refractivity contribution < 1.29 is 4.74 Å². The van der Waals surface area contributed by atoms with Gasteiger partial charge in [-0.15, -0.1) is 0 Å². The van der Waals surface area contributed by atoms with E-state index in [0.29, 0.717) is 0 Å². The Kier molecular flexibility index (Phi) is 5.02. The van der Waals surface area contributed by atoms with Crippen LogP contribution in [0.1, 0.15) is 32.0 Å². The van der Waals surface area contributed by atoms with E-state index in [4.69, 9.17) is 4.74 Å². The van der Waals surface area contributed by atoms with Crippen molar-refractivity contribution in [3.05, 3.63) is 47.8 Å². The summed E-state index contributed by atoms with van der Waals surface area (Å²) in [5.41, 5.74) is 2.49. The van der Waals surface area contributed by atoms with Crippen LogP contribution < -0.4 is 10.1 Å². The topological polar surface area (TPSA) is 39.1 Å². The minimum Gasteiger partial charge on any atom is -0.497 e. The Labute approximate surface area is 127 Å². The summed E-state index contributed by atoms with van der Waals surface area (Å²) in [7, 11) is 1.69. The Morgan fingerprint density at radius 2 is 1.86 bits per heavy atom. The van der Waals surface area contributed by atoms with Crippen molar-refractivity contribution in [3.8, 4) is 5.75 Å². The maximum Gasteiger partial charge on any atom is 0.118 e. The molecule has 114 valence electrons. The average Bonchev–Trinajstić information content (AvgIpc) is 2.91. The number of aromatic nitrogens is 2. The van der Waals surface area contributed by atoms with Crippen molar-refractivity contribution in [1.82, 2.24) is 15.1 Å². The van der Waals surface area contributed by atoms with Crippen LogP contribution in [-0.2, 0) is 19.5 Å². The van der Waals surface area contributed by atoms with E-state index in [1.165, 1.54) is 5.56 Å². The summed E-state index contributed by atoms with van der Waals surface area (Å²) < 4.78 is 7.17. The van der Waals surface area contributed by atoms with Crippen LogP contribution in [0.25, 0.3) is 0 Å². The number of ether oxygens (including phenoxy) is 1. The lowest BCUT2D eigenvalue weighted by Crippen LogP contribution is -2.35. The van der Waals surface area contributed by atoms with E-state index in [1.54, 1.807) is 7.11 Å². The fraction of sp³-hybridized carbons (Fsp3) is 0.471. The molecule has 2 rings (SSSR count). The van der Waals surface area contributed by atoms with Gasteiger partial charge in [-0.05, 0) is 51.0 Å². The first kappa shape index (κ1) is 15.6. The van der Waals surface area contributed by atoms with Crippen molar-refractivity contribution in [2.75, 3.05) is 7.11 Å². The van der Waals surface area contributed by atoms with Gasteiger partial charge in [-0.25, -0.2) is 0 Å². The third kappa shape index (κ3) is 5.23. The quantitative estimate of drug-likeness (QED) is 0.887. The molecule has 1 N–H and O–H groups in total. The minimum atomic E-state index is 0.118. The first-order chi connectivity index (χ1) is 9.96. The standard InChI is InChI=1S/C17H25N3O/c1-17(2,3)18-13-15-10-12-20(19-15)11-9-14-5-7-16(21-4)8-6-14/h5-8,10,12,18H,9,11,13H2,1-4H3. The van der Waals surface area contributed by atoms with Crippen LogP contribution in [0.4, 0.5) is 0 Å². The lowest BCUT2D eigenvalue weighted by atomic mass is 10.1. The molecule has 0 fully saturated rings. The molecule has 0 saturated carbocycles. The van der Waals surface area contributed by atoms with Gasteiger partial charge in [0.1, 0.15) is 5.75 Å². The fourth-order valence-electron chi connectivity index (χ4n) is 2.01. The zero-order valence-corrected chi connectivity index (χ0v) is 13.4. The molecule has 1 aromatic heterocycles. The van der Waals surface area contributed by atoms with E-state index in [2.05, 4.69) is 49.4 Å². The van der Waals surface area contributed by atoms with Crippen molar-refractivity contribution in [3.63, 3.8) is 0 Å². The number of hydrogen-bond acceptors (Lipinski definition) is 3. The predicted molar refractivity (Wildman–Crippen MR) is 85.5 cm³/mol. The summed E-state index contributed by atoms with van der Waals surface area (Å²) in [6.45, 7) is 8.18. The Balaban J connectivity index is 1.84. The van der Waals surface area contributed by atoms with E-state index < -0.39 is 0 Å². The SMILES string of the molecule is COc1ccc(CCn2ccc(CNC(C)(C)C)n2)cc1. The second kappa shape index (κ2) is 6.76. The lowest BCUT2D eigenvalue weighted by molar-refractivity contribution is 0.414. The molecule has 0 unspecified atom stereocenters. The third-order valence-corrected chi connectivity index (χ3v) is 3.28. The number of nitrogens with zero attached hydrogens (tertiary/aromatic N) is 2. The van der Waals surface area contributed by atoms with Gasteiger partial charge in [0.2, 0.25) is 0 Å². The second-order valence-corrected chi connectivity index (χ2v) is 6.27. The largest absolute Gasteiger partial charge is 0.497 e. The normalized spacial score (nSPS) is 11.6. The molecule has 0 aliphatic rings. The van der Waals surface area contributed by atoms with E-state index >= 15 is 0 Å². The van der Waals surface area contributed by atoms with E-state index in [0.717, 1.165) is 31.0 Å². The molecule has 21 heavy (non-hydrogen) atoms. The molecule has 4 heteroatoms. The number of benzene rings is 1. The van der Waals surface area contributed by atoms with Crippen LogP contribution in [-0.4, -0.2) is 22.4 Å². The van der Waals surface area contributed by atoms with Gasteiger partial charge < -0.3 is 10.1 Å². The summed E-state index contributed by atoms with van der Waals surface area (Å²) >= 11 is 0. The Morgan fingerprint density at radius 3 is 2.48 bits per heavy atom. The summed E-state index contributed by atoms with van der Waals surface area (Å²) in [6.07, 6.45) is 3.01. The Hall–Kier alpha value is -1.81. The molecular formula is C17H25N3O. The van der Waals surface area contributed by atoms with Crippen molar-refractivity contribution in [2.45, 2.75) is 45.8 Å². The summed E-state index contributed by atoms with van der Waals surface area (Å²) in [6, 6.07) is 10.3. The lowest BCUT2D eigenvalue weighted by Gasteiger charge is -2.19. The summed E-state index contributed by atoms with van der Waals surface area (Å²) in [4.78, 5) is 0. The number of aryl methyl sites for hydroxylation is 2. The molecule has 0 aliphatic heterocycles. The molecule has 1 aromatic carbocycles. The van der Waals surface area contributed by atoms with Gasteiger partial charge in [0.25, 0.3) is 0 Å². The highest BCUT2D eigenvalue weighted by Crippen LogP contribution is 2.12. The molecule has 0 spiro atoms. The van der Waals surface area contributed by atoms with Crippen LogP contribution in [0, 0.1) is 0 Å². The zero-order chi connectivity index (χ0) is 15.3. The highest BCUT2D eigenvalue weighted by Gasteiger charge is 2.09. The molecule has 2 aromatic rings. The molecule has 4 nitrogen and oxygen atoms in total. The molecule has 1 heterocycles. The molecule has 0 saturated heterocycles. The first-order valence-corrected chi connectivity index (χ1v) is 7.36. The van der Waals surface area contributed by atoms with E-state index in [9.17, 15) is 0 Å². The van der Waals surface area contributed by atoms with Gasteiger partial charge >= 0.3 is 0 Å². The van der Waals surface area contributed by atoms with Gasteiger partial charge in [0, 0.05) is 24.8 Å². The number of nitrogens with one attached hydrogen (secondary N) is 1. The average molecular weight is 287 g/mol. The van der Waals surface area contributed by atoms with Crippen molar-refractivity contribution in [1.29, 1.82) is 0 Å². The van der Waals surface area contributed by atoms with Crippen LogP contribution in [0.15, 0.2) is 36.5 Å². The van der Waals surface area contributed by atoms with E-state index in [-0.39, 0.29) is 5.54 Å². The smallest absolute Gasteiger partial charge is 0.118 e. The molecule has 0 aliphatic carbocycles. The number of hydrogen-bond donors (Lipinski definition) is 1. The van der Waals surface area contributed by atoms with Gasteiger partial charge in [-0.3, -0.25) is 4.68 Å². The predicted octanol–water partition coefficient (Wildman–Crippen LogP) is 3.02. The fourth-order valence-corrected chi connectivity index (χ4v) is 2.01. The highest BCUT2D eigenvalue weighted by atomic mass is 16.5. The monoisotopic (exact) mass is 287 g/mol. The molecule has 0 amide bonds. The third-order valence-electron chi connectivity index (χ3n) is 3.28. The van der Waals surface area contributed by atoms with Crippen LogP contribution in [0.2, 0.25) is 0 Å². The number of methoxy groups -OCH3 is 1. The second-order valence-electron chi connectivity index (χ2n) is 6.27. The van der Waals surface area contributed by atoms with E-state index in [1.807, 2.05) is 23.0 Å². The summed E-state index contributed by atoms with van der Waals surface area (Å²) in [5, 5.41) is 8.04. The molecule has 0 radical (unpaired) electrons. The molecule has 0 bridgehead atoms.